The number of nitrogens with zero attached hydrogens (tertiary/aromatic N) is 1. The maximum Gasteiger partial charge on any atom is 0.255 e. The molecule has 3 unspecified atom stereocenters. The lowest BCUT2D eigenvalue weighted by Crippen LogP contribution is -2.65. The van der Waals surface area contributed by atoms with Crippen LogP contribution < -0.4 is 16.4 Å². The van der Waals surface area contributed by atoms with Gasteiger partial charge in [-0.1, -0.05) is 11.6 Å². The number of carbonyl (C=O) groups excluding carboxylic acids is 4. The van der Waals surface area contributed by atoms with Crippen molar-refractivity contribution in [1.29, 1.82) is 0 Å². The molecule has 2 saturated carbocycles. The summed E-state index contributed by atoms with van der Waals surface area (Å²) < 4.78 is 0. The first-order valence-corrected chi connectivity index (χ1v) is 13.4. The van der Waals surface area contributed by atoms with Crippen LogP contribution >= 0.6 is 36.4 Å². The number of likely N-dealkylation sites (N-methyl/N-ethyl adjacent to an activating group) is 1. The fourth-order valence-electron chi connectivity index (χ4n) is 6.28. The summed E-state index contributed by atoms with van der Waals surface area (Å²) in [6, 6.07) is 0.306. The topological polar surface area (TPSA) is 203 Å². The van der Waals surface area contributed by atoms with Crippen molar-refractivity contribution in [2.24, 2.45) is 23.5 Å². The minimum absolute atomic E-state index is 0. The summed E-state index contributed by atoms with van der Waals surface area (Å²) in [6.45, 7) is 0.668. The van der Waals surface area contributed by atoms with Gasteiger partial charge in [0, 0.05) is 11.5 Å². The summed E-state index contributed by atoms with van der Waals surface area (Å²) in [7, 11) is 3.06. The average Bonchev–Trinajstić information content (AvgIpc) is 3.68. The van der Waals surface area contributed by atoms with Crippen molar-refractivity contribution in [3.05, 3.63) is 39.1 Å². The van der Waals surface area contributed by atoms with Gasteiger partial charge in [0.05, 0.1) is 23.2 Å². The highest BCUT2D eigenvalue weighted by Gasteiger charge is 2.64. The lowest BCUT2D eigenvalue weighted by Gasteiger charge is -2.50. The number of ketones is 2. The van der Waals surface area contributed by atoms with Crippen LogP contribution in [0.1, 0.15) is 30.4 Å². The third-order valence-corrected chi connectivity index (χ3v) is 8.64. The first kappa shape index (κ1) is 33.6. The van der Waals surface area contributed by atoms with Gasteiger partial charge in [0.1, 0.15) is 22.8 Å². The molecule has 0 aliphatic heterocycles. The molecule has 8 N–H and O–H groups in total. The van der Waals surface area contributed by atoms with Crippen molar-refractivity contribution in [3.63, 3.8) is 0 Å². The van der Waals surface area contributed by atoms with Gasteiger partial charge in [0.25, 0.3) is 5.91 Å². The molecule has 15 heteroatoms. The number of halogens is 3. The molecule has 42 heavy (non-hydrogen) atoms. The highest BCUT2D eigenvalue weighted by atomic mass is 35.5. The van der Waals surface area contributed by atoms with Gasteiger partial charge in [-0.05, 0) is 69.8 Å². The molecule has 4 aliphatic rings. The van der Waals surface area contributed by atoms with Gasteiger partial charge >= 0.3 is 0 Å². The van der Waals surface area contributed by atoms with Crippen molar-refractivity contribution in [1.82, 2.24) is 10.2 Å². The van der Waals surface area contributed by atoms with Crippen molar-refractivity contribution in [2.75, 3.05) is 32.5 Å². The molecule has 2 fully saturated rings. The minimum Gasteiger partial charge on any atom is -0.508 e. The summed E-state index contributed by atoms with van der Waals surface area (Å²) in [4.78, 5) is 53.0. The molecule has 0 aromatic heterocycles. The first-order chi connectivity index (χ1) is 18.8. The summed E-state index contributed by atoms with van der Waals surface area (Å²) in [5.41, 5.74) is 1.53. The van der Waals surface area contributed by atoms with Crippen LogP contribution in [0, 0.1) is 17.8 Å². The van der Waals surface area contributed by atoms with Crippen LogP contribution in [0.3, 0.4) is 0 Å². The maximum atomic E-state index is 13.9. The summed E-state index contributed by atoms with van der Waals surface area (Å²) in [5.74, 6) is -7.42. The van der Waals surface area contributed by atoms with E-state index in [-0.39, 0.29) is 66.0 Å². The van der Waals surface area contributed by atoms with Crippen LogP contribution in [0.5, 0.6) is 5.75 Å². The average molecular weight is 648 g/mol. The molecule has 0 spiro atoms. The van der Waals surface area contributed by atoms with E-state index < -0.39 is 69.7 Å². The Balaban J connectivity index is 0.00000242. The van der Waals surface area contributed by atoms with Crippen LogP contribution in [0.2, 0.25) is 5.02 Å². The van der Waals surface area contributed by atoms with E-state index in [0.29, 0.717) is 18.0 Å². The van der Waals surface area contributed by atoms with Crippen LogP contribution in [-0.2, 0) is 25.6 Å². The quantitative estimate of drug-likeness (QED) is 0.167. The number of nitrogens with two attached hydrogens (primary N) is 1. The Morgan fingerprint density at radius 1 is 1.17 bits per heavy atom. The Hall–Kier alpha value is -2.87. The number of hydrogen-bond donors (Lipinski definition) is 7. The van der Waals surface area contributed by atoms with E-state index in [1.165, 1.54) is 25.1 Å². The SMILES string of the molecule is CN(C)[C@@H]1C(=O)C(C(N)=O)=C(O)C2(O)C(=O)C3=C(O)c4c(cc(Cl)c(NC(=O)CNCC5CC5)c4O)CC3CC12.Cl.Cl. The number of aliphatic hydroxyl groups is 3. The van der Waals surface area contributed by atoms with Gasteiger partial charge in [-0.25, -0.2) is 0 Å². The summed E-state index contributed by atoms with van der Waals surface area (Å²) in [6.07, 6.45) is 2.28. The van der Waals surface area contributed by atoms with Crippen LogP contribution in [-0.4, -0.2) is 87.5 Å². The molecule has 12 nitrogen and oxygen atoms in total. The number of nitrogens with one attached hydrogen (secondary N) is 2. The van der Waals surface area contributed by atoms with Crippen molar-refractivity contribution >= 4 is 71.2 Å². The molecule has 4 atom stereocenters. The fraction of sp³-hybridized carbons (Fsp3) is 0.481. The standard InChI is InChI=1S/C27H31ClN4O8.2ClH/c1-32(2)20-13-6-11-5-12-7-14(28)19(31-15(33)9-30-8-10-3-4-10)22(35)16(12)21(34)17(11)24(37)27(13,40)25(38)18(23(20)36)26(29)39;;/h7,10-11,13,20,30,34-35,38,40H,3-6,8-9H2,1-2H3,(H2,29,39)(H,31,33);2*1H/t11?,13?,20-,27?;;/m0../s1. The Morgan fingerprint density at radius 3 is 2.38 bits per heavy atom. The van der Waals surface area contributed by atoms with E-state index in [0.717, 1.165) is 12.8 Å². The van der Waals surface area contributed by atoms with E-state index in [1.807, 2.05) is 0 Å². The number of aliphatic hydroxyl groups excluding tert-OH is 2. The number of phenols is 1. The maximum absolute atomic E-state index is 13.9. The number of amides is 2. The van der Waals surface area contributed by atoms with E-state index in [2.05, 4.69) is 10.6 Å². The van der Waals surface area contributed by atoms with Crippen molar-refractivity contribution < 1.29 is 39.6 Å². The van der Waals surface area contributed by atoms with E-state index in [1.54, 1.807) is 0 Å². The molecule has 2 amide bonds. The summed E-state index contributed by atoms with van der Waals surface area (Å²) >= 11 is 6.40. The molecule has 0 heterocycles. The molecule has 5 rings (SSSR count). The number of carbonyl (C=O) groups is 4. The zero-order valence-corrected chi connectivity index (χ0v) is 25.2. The fourth-order valence-corrected chi connectivity index (χ4v) is 6.55. The third kappa shape index (κ3) is 5.24. The smallest absolute Gasteiger partial charge is 0.255 e. The Kier molecular flexibility index (Phi) is 9.62. The van der Waals surface area contributed by atoms with Crippen LogP contribution in [0.25, 0.3) is 5.76 Å². The number of fused-ring (bicyclic) bond motifs is 3. The van der Waals surface area contributed by atoms with Gasteiger partial charge in [-0.3, -0.25) is 24.1 Å². The number of phenolic OH excluding ortho intramolecular Hbond substituents is 1. The number of rotatable bonds is 7. The van der Waals surface area contributed by atoms with E-state index in [9.17, 15) is 39.6 Å². The number of benzene rings is 1. The first-order valence-electron chi connectivity index (χ1n) is 13.0. The molecule has 0 bridgehead atoms. The molecule has 0 radical (unpaired) electrons. The van der Waals surface area contributed by atoms with Gasteiger partial charge in [0.15, 0.2) is 17.1 Å². The number of anilines is 1. The number of hydrogen-bond acceptors (Lipinski definition) is 10. The van der Waals surface area contributed by atoms with Gasteiger partial charge in [0.2, 0.25) is 11.7 Å². The number of primary amides is 1. The zero-order valence-electron chi connectivity index (χ0n) is 22.8. The largest absolute Gasteiger partial charge is 0.508 e. The van der Waals surface area contributed by atoms with Gasteiger partial charge in [-0.15, -0.1) is 24.8 Å². The number of Topliss-reactive ketones (excluding diaryl/α,β-unsaturated/α-hetero) is 2. The summed E-state index contributed by atoms with van der Waals surface area (Å²) in [5, 5.41) is 50.5. The van der Waals surface area contributed by atoms with Crippen LogP contribution in [0.15, 0.2) is 23.0 Å². The Labute approximate surface area is 258 Å². The molecule has 1 aromatic rings. The van der Waals surface area contributed by atoms with Crippen molar-refractivity contribution in [3.8, 4) is 5.75 Å². The molecule has 230 valence electrons. The molecule has 1 aromatic carbocycles. The molecule has 0 saturated heterocycles. The predicted molar refractivity (Wildman–Crippen MR) is 158 cm³/mol. The zero-order chi connectivity index (χ0) is 29.3. The second-order valence-electron chi connectivity index (χ2n) is 11.2. The van der Waals surface area contributed by atoms with E-state index >= 15 is 0 Å². The predicted octanol–water partition coefficient (Wildman–Crippen LogP) is 1.40. The second-order valence-corrected chi connectivity index (χ2v) is 11.6. The van der Waals surface area contributed by atoms with Gasteiger partial charge in [-0.2, -0.15) is 0 Å². The lowest BCUT2D eigenvalue weighted by molar-refractivity contribution is -0.153. The Bertz CT molecular complexity index is 1420. The number of aromatic hydroxyl groups is 1. The normalized spacial score (nSPS) is 26.5. The highest BCUT2D eigenvalue weighted by molar-refractivity contribution is 6.34. The molecule has 4 aliphatic carbocycles. The third-order valence-electron chi connectivity index (χ3n) is 8.34. The monoisotopic (exact) mass is 646 g/mol. The van der Waals surface area contributed by atoms with Crippen molar-refractivity contribution in [2.45, 2.75) is 37.3 Å². The Morgan fingerprint density at radius 2 is 1.81 bits per heavy atom. The van der Waals surface area contributed by atoms with Gasteiger partial charge < -0.3 is 36.8 Å². The molecular formula is C27H33Cl3N4O8. The van der Waals surface area contributed by atoms with Crippen LogP contribution in [0.4, 0.5) is 5.69 Å². The second kappa shape index (κ2) is 12.0. The lowest BCUT2D eigenvalue weighted by atomic mass is 9.57. The van der Waals surface area contributed by atoms with E-state index in [4.69, 9.17) is 17.3 Å². The highest BCUT2D eigenvalue weighted by Crippen LogP contribution is 2.54. The minimum atomic E-state index is -2.73. The molecular weight excluding hydrogens is 615 g/mol.